The molecule has 0 atom stereocenters. The Hall–Kier alpha value is -0.803. The van der Waals surface area contributed by atoms with Crippen molar-refractivity contribution in [1.82, 2.24) is 0 Å². The van der Waals surface area contributed by atoms with Gasteiger partial charge in [0.2, 0.25) is 0 Å². The summed E-state index contributed by atoms with van der Waals surface area (Å²) in [7, 11) is -1.61. The van der Waals surface area contributed by atoms with E-state index in [1.807, 2.05) is 0 Å². The van der Waals surface area contributed by atoms with E-state index in [4.69, 9.17) is 4.43 Å². The zero-order valence-electron chi connectivity index (χ0n) is 14.3. The quantitative estimate of drug-likeness (QED) is 0.749. The fourth-order valence-electron chi connectivity index (χ4n) is 2.69. The zero-order chi connectivity index (χ0) is 15.5. The van der Waals surface area contributed by atoms with Crippen LogP contribution < -0.4 is 5.32 Å². The Morgan fingerprint density at radius 2 is 1.57 bits per heavy atom. The van der Waals surface area contributed by atoms with Crippen molar-refractivity contribution in [3.8, 4) is 0 Å². The van der Waals surface area contributed by atoms with Crippen LogP contribution in [0.15, 0.2) is 30.3 Å². The second kappa shape index (κ2) is 6.53. The van der Waals surface area contributed by atoms with E-state index in [1.165, 1.54) is 31.4 Å². The van der Waals surface area contributed by atoms with Crippen LogP contribution in [0.1, 0.15) is 46.5 Å². The van der Waals surface area contributed by atoms with E-state index in [0.29, 0.717) is 17.2 Å². The topological polar surface area (TPSA) is 21.3 Å². The maximum Gasteiger partial charge on any atom is 0.192 e. The van der Waals surface area contributed by atoms with E-state index in [9.17, 15) is 0 Å². The molecule has 1 aromatic rings. The Morgan fingerprint density at radius 3 is 2.10 bits per heavy atom. The van der Waals surface area contributed by atoms with E-state index >= 15 is 0 Å². The molecule has 1 aliphatic carbocycles. The highest BCUT2D eigenvalue weighted by atomic mass is 28.4. The average Bonchev–Trinajstić information content (AvgIpc) is 2.41. The third kappa shape index (κ3) is 4.58. The summed E-state index contributed by atoms with van der Waals surface area (Å²) >= 11 is 0. The highest BCUT2D eigenvalue weighted by Gasteiger charge is 2.39. The average molecular weight is 306 g/mol. The van der Waals surface area contributed by atoms with E-state index < -0.39 is 8.32 Å². The predicted molar refractivity (Wildman–Crippen MR) is 94.4 cm³/mol. The number of hydrogen-bond donors (Lipinski definition) is 1. The van der Waals surface area contributed by atoms with Crippen LogP contribution >= 0.6 is 0 Å². The third-order valence-electron chi connectivity index (χ3n) is 5.09. The molecule has 0 amide bonds. The first-order valence-electron chi connectivity index (χ1n) is 8.27. The lowest BCUT2D eigenvalue weighted by Gasteiger charge is -2.41. The Labute approximate surface area is 131 Å². The van der Waals surface area contributed by atoms with E-state index in [-0.39, 0.29) is 0 Å². The summed E-state index contributed by atoms with van der Waals surface area (Å²) in [6.07, 6.45) is 5.29. The van der Waals surface area contributed by atoms with E-state index in [1.54, 1.807) is 0 Å². The molecule has 0 unspecified atom stereocenters. The van der Waals surface area contributed by atoms with Crippen molar-refractivity contribution < 1.29 is 4.43 Å². The summed E-state index contributed by atoms with van der Waals surface area (Å²) in [4.78, 5) is 0. The lowest BCUT2D eigenvalue weighted by atomic mass is 9.93. The van der Waals surface area contributed by atoms with Gasteiger partial charge in [-0.1, -0.05) is 39.0 Å². The van der Waals surface area contributed by atoms with Crippen LogP contribution in [-0.4, -0.2) is 20.5 Å². The normalized spacial score (nSPS) is 23.9. The number of anilines is 1. The molecular formula is C18H31NOSi. The molecule has 1 aliphatic rings. The van der Waals surface area contributed by atoms with Crippen molar-refractivity contribution in [2.75, 3.05) is 5.32 Å². The first-order valence-corrected chi connectivity index (χ1v) is 11.2. The Kier molecular flexibility index (Phi) is 5.15. The fraction of sp³-hybridized carbons (Fsp3) is 0.667. The second-order valence-corrected chi connectivity index (χ2v) is 12.6. The number of nitrogens with one attached hydrogen (secondary N) is 1. The van der Waals surface area contributed by atoms with Gasteiger partial charge in [0, 0.05) is 17.8 Å². The summed E-state index contributed by atoms with van der Waals surface area (Å²) < 4.78 is 6.55. The molecule has 1 N–H and O–H groups in total. The van der Waals surface area contributed by atoms with Gasteiger partial charge in [-0.05, 0) is 55.9 Å². The molecule has 118 valence electrons. The molecule has 0 bridgehead atoms. The maximum atomic E-state index is 6.55. The van der Waals surface area contributed by atoms with Crippen LogP contribution in [0.5, 0.6) is 0 Å². The molecule has 0 aromatic heterocycles. The molecular weight excluding hydrogens is 274 g/mol. The molecule has 1 saturated carbocycles. The minimum Gasteiger partial charge on any atom is -0.414 e. The Morgan fingerprint density at radius 1 is 1.00 bits per heavy atom. The van der Waals surface area contributed by atoms with Gasteiger partial charge in [-0.2, -0.15) is 0 Å². The van der Waals surface area contributed by atoms with Crippen molar-refractivity contribution >= 4 is 14.0 Å². The van der Waals surface area contributed by atoms with Crippen molar-refractivity contribution in [2.24, 2.45) is 0 Å². The molecule has 0 aliphatic heterocycles. The summed E-state index contributed by atoms with van der Waals surface area (Å²) in [6, 6.07) is 11.2. The summed E-state index contributed by atoms with van der Waals surface area (Å²) in [5.41, 5.74) is 1.24. The summed E-state index contributed by atoms with van der Waals surface area (Å²) in [5, 5.41) is 3.96. The minimum atomic E-state index is -1.61. The highest BCUT2D eigenvalue weighted by Crippen LogP contribution is 2.39. The molecule has 0 spiro atoms. The third-order valence-corrected chi connectivity index (χ3v) is 9.62. The number of para-hydroxylation sites is 1. The maximum absolute atomic E-state index is 6.55. The second-order valence-electron chi connectivity index (χ2n) is 7.86. The van der Waals surface area contributed by atoms with E-state index in [2.05, 4.69) is 69.5 Å². The van der Waals surface area contributed by atoms with Crippen molar-refractivity contribution in [3.63, 3.8) is 0 Å². The Balaban J connectivity index is 1.81. The molecule has 1 aromatic carbocycles. The lowest BCUT2D eigenvalue weighted by Crippen LogP contribution is -2.45. The molecule has 0 radical (unpaired) electrons. The SMILES string of the molecule is CC(C)(C)[Si](C)(C)OC1CCC(Nc2ccccc2)CC1. The number of rotatable bonds is 4. The molecule has 0 saturated heterocycles. The standard InChI is InChI=1S/C18H31NOSi/c1-18(2,3)21(4,5)20-17-13-11-16(12-14-17)19-15-9-7-6-8-10-15/h6-10,16-17,19H,11-14H2,1-5H3. The van der Waals surface area contributed by atoms with Gasteiger partial charge in [-0.3, -0.25) is 0 Å². The largest absolute Gasteiger partial charge is 0.414 e. The molecule has 1 fully saturated rings. The van der Waals surface area contributed by atoms with Gasteiger partial charge in [-0.15, -0.1) is 0 Å². The van der Waals surface area contributed by atoms with Gasteiger partial charge in [0.1, 0.15) is 0 Å². The monoisotopic (exact) mass is 305 g/mol. The first kappa shape index (κ1) is 16.6. The highest BCUT2D eigenvalue weighted by molar-refractivity contribution is 6.74. The zero-order valence-corrected chi connectivity index (χ0v) is 15.3. The summed E-state index contributed by atoms with van der Waals surface area (Å²) in [6.45, 7) is 11.7. The minimum absolute atomic E-state index is 0.312. The van der Waals surface area contributed by atoms with Gasteiger partial charge in [0.15, 0.2) is 8.32 Å². The summed E-state index contributed by atoms with van der Waals surface area (Å²) in [5.74, 6) is 0. The van der Waals surface area contributed by atoms with Crippen LogP contribution in [0, 0.1) is 0 Å². The van der Waals surface area contributed by atoms with Gasteiger partial charge >= 0.3 is 0 Å². The van der Waals surface area contributed by atoms with Crippen molar-refractivity contribution in [3.05, 3.63) is 30.3 Å². The number of benzene rings is 1. The van der Waals surface area contributed by atoms with Crippen molar-refractivity contribution in [2.45, 2.75) is 76.7 Å². The van der Waals surface area contributed by atoms with Crippen LogP contribution in [0.2, 0.25) is 18.1 Å². The van der Waals surface area contributed by atoms with Crippen molar-refractivity contribution in [1.29, 1.82) is 0 Å². The molecule has 2 nitrogen and oxygen atoms in total. The van der Waals surface area contributed by atoms with Gasteiger partial charge in [-0.25, -0.2) is 0 Å². The van der Waals surface area contributed by atoms with Crippen LogP contribution in [-0.2, 0) is 4.43 Å². The smallest absolute Gasteiger partial charge is 0.192 e. The molecule has 0 heterocycles. The fourth-order valence-corrected chi connectivity index (χ4v) is 4.11. The van der Waals surface area contributed by atoms with Gasteiger partial charge < -0.3 is 9.74 Å². The van der Waals surface area contributed by atoms with Gasteiger partial charge in [0.25, 0.3) is 0 Å². The first-order chi connectivity index (χ1) is 9.78. The molecule has 2 rings (SSSR count). The van der Waals surface area contributed by atoms with Crippen LogP contribution in [0.3, 0.4) is 0 Å². The molecule has 21 heavy (non-hydrogen) atoms. The predicted octanol–water partition coefficient (Wildman–Crippen LogP) is 5.43. The Bertz CT molecular complexity index is 430. The van der Waals surface area contributed by atoms with Crippen LogP contribution in [0.25, 0.3) is 0 Å². The van der Waals surface area contributed by atoms with Crippen LogP contribution in [0.4, 0.5) is 5.69 Å². The lowest BCUT2D eigenvalue weighted by molar-refractivity contribution is 0.133. The van der Waals surface area contributed by atoms with Gasteiger partial charge in [0.05, 0.1) is 0 Å². The van der Waals surface area contributed by atoms with E-state index in [0.717, 1.165) is 0 Å². The molecule has 3 heteroatoms. The number of hydrogen-bond acceptors (Lipinski definition) is 2.